The number of nitrogens with zero attached hydrogens (tertiary/aromatic N) is 5. The van der Waals surface area contributed by atoms with Crippen molar-refractivity contribution in [1.29, 1.82) is 0 Å². The van der Waals surface area contributed by atoms with E-state index in [4.69, 9.17) is 0 Å². The molecule has 0 spiro atoms. The predicted octanol–water partition coefficient (Wildman–Crippen LogP) is 1.08. The minimum atomic E-state index is -0.663. The molecule has 2 aliphatic heterocycles. The quantitative estimate of drug-likeness (QED) is 0.546. The molecule has 1 aromatic carbocycles. The summed E-state index contributed by atoms with van der Waals surface area (Å²) in [6, 6.07) is 9.39. The molecule has 178 valence electrons. The molecule has 34 heavy (non-hydrogen) atoms. The van der Waals surface area contributed by atoms with E-state index in [0.717, 1.165) is 55.3 Å². The van der Waals surface area contributed by atoms with E-state index in [0.29, 0.717) is 11.9 Å². The molecule has 2 amide bonds. The molecule has 5 rings (SSSR count). The van der Waals surface area contributed by atoms with Gasteiger partial charge in [0.2, 0.25) is 11.8 Å². The fraction of sp³-hybridized carbons (Fsp3) is 0.417. The molecule has 0 aliphatic carbocycles. The van der Waals surface area contributed by atoms with Crippen LogP contribution in [0.2, 0.25) is 0 Å². The number of aromatic nitrogens is 3. The smallest absolute Gasteiger partial charge is 0.329 e. The van der Waals surface area contributed by atoms with E-state index in [9.17, 15) is 14.4 Å². The van der Waals surface area contributed by atoms with Crippen molar-refractivity contribution >= 4 is 34.4 Å². The fourth-order valence-electron chi connectivity index (χ4n) is 4.85. The van der Waals surface area contributed by atoms with Gasteiger partial charge in [-0.15, -0.1) is 0 Å². The van der Waals surface area contributed by atoms with Crippen molar-refractivity contribution in [2.45, 2.75) is 25.4 Å². The summed E-state index contributed by atoms with van der Waals surface area (Å²) in [5.41, 5.74) is 3.38. The SMILES string of the molecule is CNc1ccc(N2CCN(Cc3ccc4c(c3)n(C)c(=O)n4C3CCC(=O)NC3=O)CC2)nc1. The lowest BCUT2D eigenvalue weighted by atomic mass is 10.1. The van der Waals surface area contributed by atoms with Crippen LogP contribution in [0.5, 0.6) is 0 Å². The van der Waals surface area contributed by atoms with Crippen LogP contribution in [0.4, 0.5) is 11.5 Å². The van der Waals surface area contributed by atoms with Crippen LogP contribution in [-0.2, 0) is 23.2 Å². The second-order valence-electron chi connectivity index (χ2n) is 8.92. The minimum absolute atomic E-state index is 0.235. The first-order valence-electron chi connectivity index (χ1n) is 11.6. The topological polar surface area (TPSA) is 104 Å². The van der Waals surface area contributed by atoms with E-state index >= 15 is 0 Å². The van der Waals surface area contributed by atoms with Gasteiger partial charge in [0.15, 0.2) is 0 Å². The molecule has 0 saturated carbocycles. The van der Waals surface area contributed by atoms with E-state index < -0.39 is 11.9 Å². The number of aryl methyl sites for hydroxylation is 1. The average molecular weight is 464 g/mol. The Morgan fingerprint density at radius 2 is 1.85 bits per heavy atom. The van der Waals surface area contributed by atoms with E-state index in [1.54, 1.807) is 11.6 Å². The minimum Gasteiger partial charge on any atom is -0.387 e. The molecule has 3 aromatic rings. The van der Waals surface area contributed by atoms with Gasteiger partial charge in [0.25, 0.3) is 0 Å². The van der Waals surface area contributed by atoms with Crippen LogP contribution >= 0.6 is 0 Å². The van der Waals surface area contributed by atoms with Crippen molar-refractivity contribution in [2.75, 3.05) is 43.4 Å². The van der Waals surface area contributed by atoms with Crippen LogP contribution in [0.15, 0.2) is 41.3 Å². The molecule has 2 fully saturated rings. The highest BCUT2D eigenvalue weighted by Gasteiger charge is 2.31. The van der Waals surface area contributed by atoms with Crippen molar-refractivity contribution in [1.82, 2.24) is 24.3 Å². The van der Waals surface area contributed by atoms with Gasteiger partial charge in [-0.3, -0.25) is 28.9 Å². The number of imidazole rings is 1. The van der Waals surface area contributed by atoms with Crippen LogP contribution in [0.3, 0.4) is 0 Å². The molecule has 0 bridgehead atoms. The molecule has 2 aliphatic rings. The number of imide groups is 1. The Balaban J connectivity index is 1.30. The number of carbonyl (C=O) groups is 2. The van der Waals surface area contributed by atoms with Crippen LogP contribution in [-0.4, -0.2) is 64.1 Å². The molecule has 4 heterocycles. The van der Waals surface area contributed by atoms with Gasteiger partial charge in [-0.05, 0) is 36.2 Å². The molecular formula is C24H29N7O3. The third-order valence-electron chi connectivity index (χ3n) is 6.81. The number of anilines is 2. The highest BCUT2D eigenvalue weighted by Crippen LogP contribution is 2.24. The first-order valence-corrected chi connectivity index (χ1v) is 11.6. The van der Waals surface area contributed by atoms with Crippen molar-refractivity contribution in [3.05, 3.63) is 52.6 Å². The van der Waals surface area contributed by atoms with E-state index in [2.05, 4.69) is 25.4 Å². The summed E-state index contributed by atoms with van der Waals surface area (Å²) in [5.74, 6) is 0.287. The molecular weight excluding hydrogens is 434 g/mol. The highest BCUT2D eigenvalue weighted by atomic mass is 16.2. The Hall–Kier alpha value is -3.66. The van der Waals surface area contributed by atoms with Crippen molar-refractivity contribution in [3.63, 3.8) is 0 Å². The fourth-order valence-corrected chi connectivity index (χ4v) is 4.85. The standard InChI is InChI=1S/C24H29N7O3/c1-25-17-4-7-21(26-14-17)30-11-9-29(10-12-30)15-16-3-5-18-20(13-16)28(2)24(34)31(18)19-6-8-22(32)27-23(19)33/h3-5,7,13-14,19,25H,6,8-12,15H2,1-2H3,(H,27,32,33). The van der Waals surface area contributed by atoms with Gasteiger partial charge in [-0.2, -0.15) is 0 Å². The van der Waals surface area contributed by atoms with E-state index in [1.165, 1.54) is 4.57 Å². The van der Waals surface area contributed by atoms with Gasteiger partial charge in [0, 0.05) is 53.2 Å². The van der Waals surface area contributed by atoms with Crippen LogP contribution < -0.4 is 21.2 Å². The molecule has 0 radical (unpaired) electrons. The second kappa shape index (κ2) is 8.94. The molecule has 1 unspecified atom stereocenters. The number of hydrogen-bond acceptors (Lipinski definition) is 7. The van der Waals surface area contributed by atoms with Gasteiger partial charge < -0.3 is 10.2 Å². The molecule has 1 atom stereocenters. The highest BCUT2D eigenvalue weighted by molar-refractivity contribution is 6.00. The van der Waals surface area contributed by atoms with Gasteiger partial charge in [0.05, 0.1) is 22.9 Å². The number of carbonyl (C=O) groups excluding carboxylic acids is 2. The Labute approximate surface area is 197 Å². The summed E-state index contributed by atoms with van der Waals surface area (Å²) in [6.45, 7) is 4.43. The first-order chi connectivity index (χ1) is 16.4. The number of rotatable bonds is 5. The van der Waals surface area contributed by atoms with Gasteiger partial charge in [-0.1, -0.05) is 6.07 Å². The lowest BCUT2D eigenvalue weighted by Crippen LogP contribution is -2.46. The zero-order valence-electron chi connectivity index (χ0n) is 19.5. The van der Waals surface area contributed by atoms with Crippen LogP contribution in [0.25, 0.3) is 11.0 Å². The number of piperidine rings is 1. The lowest BCUT2D eigenvalue weighted by Gasteiger charge is -2.35. The third kappa shape index (κ3) is 4.05. The molecule has 2 saturated heterocycles. The van der Waals surface area contributed by atoms with Crippen molar-refractivity contribution in [3.8, 4) is 0 Å². The maximum Gasteiger partial charge on any atom is 0.329 e. The largest absolute Gasteiger partial charge is 0.387 e. The Morgan fingerprint density at radius 3 is 2.53 bits per heavy atom. The molecule has 10 heteroatoms. The number of amides is 2. The summed E-state index contributed by atoms with van der Waals surface area (Å²) >= 11 is 0. The summed E-state index contributed by atoms with van der Waals surface area (Å²) in [7, 11) is 3.61. The average Bonchev–Trinajstić information content (AvgIpc) is 3.09. The van der Waals surface area contributed by atoms with Crippen LogP contribution in [0.1, 0.15) is 24.4 Å². The second-order valence-corrected chi connectivity index (χ2v) is 8.92. The Kier molecular flexibility index (Phi) is 5.82. The number of benzene rings is 1. The lowest BCUT2D eigenvalue weighted by molar-refractivity contribution is -0.135. The first kappa shape index (κ1) is 22.1. The molecule has 2 aromatic heterocycles. The zero-order valence-corrected chi connectivity index (χ0v) is 19.5. The summed E-state index contributed by atoms with van der Waals surface area (Å²) < 4.78 is 3.10. The molecule has 10 nitrogen and oxygen atoms in total. The van der Waals surface area contributed by atoms with Gasteiger partial charge in [0.1, 0.15) is 11.9 Å². The Bertz CT molecular complexity index is 1290. The predicted molar refractivity (Wildman–Crippen MR) is 130 cm³/mol. The normalized spacial score (nSPS) is 19.5. The molecule has 2 N–H and O–H groups in total. The van der Waals surface area contributed by atoms with Gasteiger partial charge >= 0.3 is 5.69 Å². The maximum atomic E-state index is 13.0. The van der Waals surface area contributed by atoms with Gasteiger partial charge in [-0.25, -0.2) is 9.78 Å². The number of piperazine rings is 1. The summed E-state index contributed by atoms with van der Waals surface area (Å²) in [4.78, 5) is 46.1. The van der Waals surface area contributed by atoms with Crippen molar-refractivity contribution in [2.24, 2.45) is 7.05 Å². The van der Waals surface area contributed by atoms with E-state index in [1.807, 2.05) is 43.6 Å². The number of fused-ring (bicyclic) bond motifs is 1. The third-order valence-corrected chi connectivity index (χ3v) is 6.81. The summed E-state index contributed by atoms with van der Waals surface area (Å²) in [5, 5.41) is 5.44. The number of pyridine rings is 1. The van der Waals surface area contributed by atoms with Crippen LogP contribution in [0, 0.1) is 0 Å². The monoisotopic (exact) mass is 463 g/mol. The zero-order chi connectivity index (χ0) is 23.8. The summed E-state index contributed by atoms with van der Waals surface area (Å²) in [6.07, 6.45) is 2.42. The number of hydrogen-bond donors (Lipinski definition) is 2. The van der Waals surface area contributed by atoms with E-state index in [-0.39, 0.29) is 18.0 Å². The van der Waals surface area contributed by atoms with Crippen molar-refractivity contribution < 1.29 is 9.59 Å². The maximum absolute atomic E-state index is 13.0. The Morgan fingerprint density at radius 1 is 1.06 bits per heavy atom. The number of nitrogens with one attached hydrogen (secondary N) is 2.